The van der Waals surface area contributed by atoms with Crippen molar-refractivity contribution in [1.82, 2.24) is 10.6 Å². The Bertz CT molecular complexity index is 803. The third-order valence-electron chi connectivity index (χ3n) is 4.19. The van der Waals surface area contributed by atoms with Crippen LogP contribution in [0.3, 0.4) is 0 Å². The first-order chi connectivity index (χ1) is 13.9. The van der Waals surface area contributed by atoms with E-state index in [1.54, 1.807) is 0 Å². The minimum absolute atomic E-state index is 0.0733. The number of urea groups is 1. The Morgan fingerprint density at radius 3 is 2.24 bits per heavy atom. The van der Waals surface area contributed by atoms with Gasteiger partial charge in [0.2, 0.25) is 0 Å². The molecule has 2 amide bonds. The summed E-state index contributed by atoms with van der Waals surface area (Å²) in [6.45, 7) is 9.41. The number of rotatable bonds is 10. The predicted molar refractivity (Wildman–Crippen MR) is 115 cm³/mol. The highest BCUT2D eigenvalue weighted by Crippen LogP contribution is 2.28. The average molecular weight is 421 g/mol. The second-order valence-electron chi connectivity index (χ2n) is 6.49. The Labute approximate surface area is 177 Å². The van der Waals surface area contributed by atoms with E-state index in [-0.39, 0.29) is 12.8 Å². The van der Waals surface area contributed by atoms with Crippen LogP contribution < -0.4 is 24.8 Å². The van der Waals surface area contributed by atoms with Gasteiger partial charge in [0.05, 0.1) is 13.2 Å². The molecule has 29 heavy (non-hydrogen) atoms. The summed E-state index contributed by atoms with van der Waals surface area (Å²) in [6.07, 6.45) is 0.677. The minimum atomic E-state index is -0.289. The largest absolute Gasteiger partial charge is 0.490 e. The number of amides is 2. The van der Waals surface area contributed by atoms with Crippen molar-refractivity contribution in [1.29, 1.82) is 0 Å². The molecule has 0 bridgehead atoms. The van der Waals surface area contributed by atoms with Crippen LogP contribution in [0.5, 0.6) is 17.2 Å². The van der Waals surface area contributed by atoms with Gasteiger partial charge in [-0.15, -0.1) is 0 Å². The van der Waals surface area contributed by atoms with Gasteiger partial charge < -0.3 is 24.8 Å². The number of nitrogens with one attached hydrogen (secondary N) is 2. The van der Waals surface area contributed by atoms with Crippen molar-refractivity contribution in [3.63, 3.8) is 0 Å². The van der Waals surface area contributed by atoms with Gasteiger partial charge in [-0.2, -0.15) is 0 Å². The maximum atomic E-state index is 12.0. The predicted octanol–water partition coefficient (Wildman–Crippen LogP) is 4.63. The van der Waals surface area contributed by atoms with Crippen LogP contribution in [0.1, 0.15) is 30.5 Å². The molecular weight excluding hydrogens is 392 g/mol. The topological polar surface area (TPSA) is 68.8 Å². The Hall–Kier alpha value is -2.60. The lowest BCUT2D eigenvalue weighted by atomic mass is 10.1. The first kappa shape index (κ1) is 22.7. The van der Waals surface area contributed by atoms with Crippen LogP contribution in [-0.2, 0) is 6.42 Å². The van der Waals surface area contributed by atoms with E-state index in [0.717, 1.165) is 33.2 Å². The molecular formula is C22H29ClN2O4. The third-order valence-corrected chi connectivity index (χ3v) is 4.78. The third kappa shape index (κ3) is 7.06. The molecule has 0 saturated carbocycles. The van der Waals surface area contributed by atoms with E-state index in [9.17, 15) is 4.79 Å². The van der Waals surface area contributed by atoms with Crippen molar-refractivity contribution >= 4 is 17.6 Å². The summed E-state index contributed by atoms with van der Waals surface area (Å²) in [7, 11) is 0. The molecule has 0 saturated heterocycles. The van der Waals surface area contributed by atoms with Gasteiger partial charge in [0.15, 0.2) is 18.2 Å². The summed E-state index contributed by atoms with van der Waals surface area (Å²) in [4.78, 5) is 12.0. The fraction of sp³-hybridized carbons (Fsp3) is 0.409. The van der Waals surface area contributed by atoms with Crippen LogP contribution in [-0.4, -0.2) is 32.5 Å². The first-order valence-corrected chi connectivity index (χ1v) is 10.1. The highest BCUT2D eigenvalue weighted by atomic mass is 35.5. The highest BCUT2D eigenvalue weighted by molar-refractivity contribution is 6.32. The Balaban J connectivity index is 1.76. The summed E-state index contributed by atoms with van der Waals surface area (Å²) in [6, 6.07) is 9.22. The molecule has 0 aliphatic carbocycles. The molecule has 2 N–H and O–H groups in total. The first-order valence-electron chi connectivity index (χ1n) is 9.74. The maximum Gasteiger partial charge on any atom is 0.317 e. The summed E-state index contributed by atoms with van der Waals surface area (Å²) >= 11 is 6.14. The molecule has 6 nitrogen and oxygen atoms in total. The summed E-state index contributed by atoms with van der Waals surface area (Å²) in [5.41, 5.74) is 2.93. The molecule has 0 spiro atoms. The lowest BCUT2D eigenvalue weighted by molar-refractivity contribution is 0.224. The van der Waals surface area contributed by atoms with E-state index in [4.69, 9.17) is 25.8 Å². The maximum absolute atomic E-state index is 12.0. The van der Waals surface area contributed by atoms with E-state index < -0.39 is 0 Å². The second-order valence-corrected chi connectivity index (χ2v) is 6.87. The van der Waals surface area contributed by atoms with Crippen molar-refractivity contribution in [3.8, 4) is 17.2 Å². The number of hydrogen-bond acceptors (Lipinski definition) is 4. The zero-order chi connectivity index (χ0) is 21.2. The van der Waals surface area contributed by atoms with Gasteiger partial charge in [0.1, 0.15) is 5.75 Å². The van der Waals surface area contributed by atoms with Crippen molar-refractivity contribution in [2.45, 2.75) is 34.1 Å². The van der Waals surface area contributed by atoms with Gasteiger partial charge in [-0.1, -0.05) is 17.7 Å². The standard InChI is InChI=1S/C22H29ClN2O4/c1-5-27-19-8-7-17(13-20(19)28-6-2)9-10-24-22(26)25-14-29-18-11-15(3)21(23)16(4)12-18/h7-8,11-13H,5-6,9-10,14H2,1-4H3,(H2,24,25,26). The fourth-order valence-corrected chi connectivity index (χ4v) is 2.92. The molecule has 158 valence electrons. The number of benzene rings is 2. The molecule has 0 heterocycles. The normalized spacial score (nSPS) is 10.4. The lowest BCUT2D eigenvalue weighted by Gasteiger charge is -2.13. The molecule has 0 aromatic heterocycles. The van der Waals surface area contributed by atoms with E-state index in [2.05, 4.69) is 10.6 Å². The Morgan fingerprint density at radius 1 is 0.931 bits per heavy atom. The number of carbonyl (C=O) groups excluding carboxylic acids is 1. The zero-order valence-electron chi connectivity index (χ0n) is 17.4. The molecule has 0 radical (unpaired) electrons. The number of ether oxygens (including phenoxy) is 3. The average Bonchev–Trinajstić information content (AvgIpc) is 2.68. The Kier molecular flexibility index (Phi) is 8.93. The molecule has 0 unspecified atom stereocenters. The highest BCUT2D eigenvalue weighted by Gasteiger charge is 2.07. The van der Waals surface area contributed by atoms with Gasteiger partial charge in [-0.05, 0) is 75.1 Å². The van der Waals surface area contributed by atoms with Crippen LogP contribution in [0.4, 0.5) is 4.79 Å². The smallest absolute Gasteiger partial charge is 0.317 e. The molecule has 2 rings (SSSR count). The van der Waals surface area contributed by atoms with Gasteiger partial charge in [-0.25, -0.2) is 4.79 Å². The van der Waals surface area contributed by atoms with Crippen molar-refractivity contribution in [2.24, 2.45) is 0 Å². The van der Waals surface area contributed by atoms with Crippen LogP contribution in [0, 0.1) is 13.8 Å². The van der Waals surface area contributed by atoms with Gasteiger partial charge in [-0.3, -0.25) is 0 Å². The summed E-state index contributed by atoms with van der Waals surface area (Å²) < 4.78 is 16.8. The number of carbonyl (C=O) groups is 1. The molecule has 2 aromatic carbocycles. The zero-order valence-corrected chi connectivity index (χ0v) is 18.2. The SMILES string of the molecule is CCOc1ccc(CCNC(=O)NCOc2cc(C)c(Cl)c(C)c2)cc1OCC. The van der Waals surface area contributed by atoms with Crippen molar-refractivity contribution in [3.05, 3.63) is 52.0 Å². The van der Waals surface area contributed by atoms with Crippen LogP contribution in [0.2, 0.25) is 5.02 Å². The molecule has 2 aromatic rings. The van der Waals surface area contributed by atoms with E-state index in [1.165, 1.54) is 0 Å². The van der Waals surface area contributed by atoms with E-state index >= 15 is 0 Å². The lowest BCUT2D eigenvalue weighted by Crippen LogP contribution is -2.38. The number of aryl methyl sites for hydroxylation is 2. The Morgan fingerprint density at radius 2 is 1.59 bits per heavy atom. The summed E-state index contributed by atoms with van der Waals surface area (Å²) in [5, 5.41) is 6.22. The van der Waals surface area contributed by atoms with E-state index in [1.807, 2.05) is 58.0 Å². The quantitative estimate of drug-likeness (QED) is 0.550. The molecule has 0 atom stereocenters. The van der Waals surface area contributed by atoms with Crippen LogP contribution in [0.25, 0.3) is 0 Å². The number of halogens is 1. The fourth-order valence-electron chi connectivity index (χ4n) is 2.81. The minimum Gasteiger partial charge on any atom is -0.490 e. The summed E-state index contributed by atoms with van der Waals surface area (Å²) in [5.74, 6) is 2.12. The molecule has 0 fully saturated rings. The van der Waals surface area contributed by atoms with Crippen molar-refractivity contribution < 1.29 is 19.0 Å². The number of hydrogen-bond donors (Lipinski definition) is 2. The van der Waals surface area contributed by atoms with Gasteiger partial charge >= 0.3 is 6.03 Å². The molecule has 7 heteroatoms. The van der Waals surface area contributed by atoms with Crippen molar-refractivity contribution in [2.75, 3.05) is 26.5 Å². The second kappa shape index (κ2) is 11.4. The van der Waals surface area contributed by atoms with Gasteiger partial charge in [0.25, 0.3) is 0 Å². The monoisotopic (exact) mass is 420 g/mol. The van der Waals surface area contributed by atoms with Crippen LogP contribution in [0.15, 0.2) is 30.3 Å². The van der Waals surface area contributed by atoms with Gasteiger partial charge in [0, 0.05) is 11.6 Å². The molecule has 0 aliphatic heterocycles. The van der Waals surface area contributed by atoms with E-state index in [0.29, 0.717) is 31.9 Å². The van der Waals surface area contributed by atoms with Crippen LogP contribution >= 0.6 is 11.6 Å². The molecule has 0 aliphatic rings.